The summed E-state index contributed by atoms with van der Waals surface area (Å²) in [5.74, 6) is -0.466. The number of hydrogen-bond acceptors (Lipinski definition) is 5. The van der Waals surface area contributed by atoms with E-state index in [2.05, 4.69) is 9.69 Å². The highest BCUT2D eigenvalue weighted by Crippen LogP contribution is 2.35. The lowest BCUT2D eigenvalue weighted by Gasteiger charge is -2.12. The molecule has 7 heteroatoms. The second-order valence-corrected chi connectivity index (χ2v) is 5.38. The number of ether oxygens (including phenoxy) is 1. The van der Waals surface area contributed by atoms with Crippen molar-refractivity contribution in [3.8, 4) is 5.75 Å². The lowest BCUT2D eigenvalue weighted by Crippen LogP contribution is -2.02. The average Bonchev–Trinajstić information content (AvgIpc) is 2.74. The highest BCUT2D eigenvalue weighted by atomic mass is 35.5. The third-order valence-electron chi connectivity index (χ3n) is 2.81. The number of anilines is 2. The average molecular weight is 313 g/mol. The van der Waals surface area contributed by atoms with E-state index in [1.807, 2.05) is 13.0 Å². The van der Waals surface area contributed by atoms with Gasteiger partial charge in [0.15, 0.2) is 0 Å². The van der Waals surface area contributed by atoms with E-state index in [1.54, 1.807) is 13.0 Å². The van der Waals surface area contributed by atoms with Gasteiger partial charge in [0.2, 0.25) is 0 Å². The van der Waals surface area contributed by atoms with Crippen LogP contribution in [0.15, 0.2) is 12.1 Å². The normalized spacial score (nSPS) is 10.4. The van der Waals surface area contributed by atoms with Gasteiger partial charge in [-0.25, -0.2) is 4.79 Å². The molecule has 0 radical (unpaired) electrons. The predicted molar refractivity (Wildman–Crippen MR) is 79.8 cm³/mol. The fourth-order valence-corrected chi connectivity index (χ4v) is 2.71. The molecule has 0 amide bonds. The van der Waals surface area contributed by atoms with Crippen LogP contribution in [0.2, 0.25) is 5.02 Å². The van der Waals surface area contributed by atoms with E-state index in [0.29, 0.717) is 27.2 Å². The van der Waals surface area contributed by atoms with E-state index in [9.17, 15) is 9.90 Å². The third-order valence-corrected chi connectivity index (χ3v) is 4.07. The number of carboxylic acids is 1. The zero-order valence-corrected chi connectivity index (χ0v) is 12.7. The van der Waals surface area contributed by atoms with Gasteiger partial charge in [-0.15, -0.1) is 0 Å². The molecule has 1 aromatic carbocycles. The van der Waals surface area contributed by atoms with Crippen LogP contribution in [-0.2, 0) is 0 Å². The summed E-state index contributed by atoms with van der Waals surface area (Å²) in [6.45, 7) is 3.53. The van der Waals surface area contributed by atoms with Crippen molar-refractivity contribution in [3.05, 3.63) is 34.0 Å². The number of nitrogens with zero attached hydrogens (tertiary/aromatic N) is 1. The second-order valence-electron chi connectivity index (χ2n) is 4.20. The number of aromatic nitrogens is 1. The predicted octanol–water partition coefficient (Wildman–Crippen LogP) is 3.86. The molecule has 0 bridgehead atoms. The smallest absolute Gasteiger partial charge is 0.340 e. The zero-order valence-electron chi connectivity index (χ0n) is 11.2. The Kier molecular flexibility index (Phi) is 4.15. The van der Waals surface area contributed by atoms with E-state index in [0.717, 1.165) is 17.1 Å². The van der Waals surface area contributed by atoms with Gasteiger partial charge in [0, 0.05) is 11.1 Å². The molecule has 0 aliphatic carbocycles. The van der Waals surface area contributed by atoms with Gasteiger partial charge in [0.1, 0.15) is 16.3 Å². The molecule has 5 nitrogen and oxygen atoms in total. The number of methoxy groups -OCH3 is 1. The number of nitrogens with one attached hydrogen (secondary N) is 1. The van der Waals surface area contributed by atoms with Crippen LogP contribution in [-0.4, -0.2) is 22.6 Å². The summed E-state index contributed by atoms with van der Waals surface area (Å²) in [6, 6.07) is 3.50. The van der Waals surface area contributed by atoms with Crippen molar-refractivity contribution < 1.29 is 14.6 Å². The summed E-state index contributed by atoms with van der Waals surface area (Å²) in [4.78, 5) is 11.2. The fourth-order valence-electron chi connectivity index (χ4n) is 1.76. The van der Waals surface area contributed by atoms with E-state index in [1.165, 1.54) is 7.11 Å². The summed E-state index contributed by atoms with van der Waals surface area (Å²) in [6.07, 6.45) is 0. The summed E-state index contributed by atoms with van der Waals surface area (Å²) in [5, 5.41) is 13.3. The lowest BCUT2D eigenvalue weighted by molar-refractivity contribution is 0.0697. The number of rotatable bonds is 4. The van der Waals surface area contributed by atoms with Crippen molar-refractivity contribution in [3.63, 3.8) is 0 Å². The molecule has 0 aliphatic rings. The largest absolute Gasteiger partial charge is 0.495 e. The fraction of sp³-hybridized carbons (Fsp3) is 0.231. The number of benzene rings is 1. The van der Waals surface area contributed by atoms with Crippen LogP contribution < -0.4 is 10.1 Å². The van der Waals surface area contributed by atoms with Crippen LogP contribution in [0.3, 0.4) is 0 Å². The second kappa shape index (κ2) is 5.68. The standard InChI is InChI=1S/C13H13ClN2O3S/c1-6-4-9(10(19-3)5-8(6)14)15-12-11(13(17)18)7(2)16-20-12/h4-5,15H,1-3H3,(H,17,18). The molecule has 0 saturated heterocycles. The quantitative estimate of drug-likeness (QED) is 0.897. The molecule has 1 aromatic heterocycles. The van der Waals surface area contributed by atoms with Crippen LogP contribution in [0.25, 0.3) is 0 Å². The number of carbonyl (C=O) groups is 1. The maximum atomic E-state index is 11.2. The summed E-state index contributed by atoms with van der Waals surface area (Å²) >= 11 is 7.14. The Hall–Kier alpha value is -1.79. The zero-order chi connectivity index (χ0) is 14.9. The minimum absolute atomic E-state index is 0.171. The van der Waals surface area contributed by atoms with Crippen LogP contribution in [0.5, 0.6) is 5.75 Å². The van der Waals surface area contributed by atoms with Gasteiger partial charge in [-0.2, -0.15) is 4.37 Å². The van der Waals surface area contributed by atoms with Crippen LogP contribution in [0.4, 0.5) is 10.7 Å². The maximum Gasteiger partial charge on any atom is 0.340 e. The Balaban J connectivity index is 2.45. The number of aryl methyl sites for hydroxylation is 2. The first-order valence-electron chi connectivity index (χ1n) is 5.74. The van der Waals surface area contributed by atoms with E-state index < -0.39 is 5.97 Å². The minimum atomic E-state index is -1.01. The van der Waals surface area contributed by atoms with Gasteiger partial charge in [-0.1, -0.05) is 11.6 Å². The number of carboxylic acid groups (broad SMARTS) is 1. The molecular weight excluding hydrogens is 300 g/mol. The Morgan fingerprint density at radius 3 is 2.75 bits per heavy atom. The van der Waals surface area contributed by atoms with Crippen molar-refractivity contribution in [2.75, 3.05) is 12.4 Å². The summed E-state index contributed by atoms with van der Waals surface area (Å²) in [7, 11) is 1.53. The molecule has 0 aliphatic heterocycles. The molecular formula is C13H13ClN2O3S. The SMILES string of the molecule is COc1cc(Cl)c(C)cc1Nc1snc(C)c1C(=O)O. The Labute approximate surface area is 125 Å². The van der Waals surface area contributed by atoms with Gasteiger partial charge >= 0.3 is 5.97 Å². The molecule has 0 atom stereocenters. The maximum absolute atomic E-state index is 11.2. The third kappa shape index (κ3) is 2.71. The number of halogens is 1. The number of aromatic carboxylic acids is 1. The van der Waals surface area contributed by atoms with Crippen molar-refractivity contribution in [2.24, 2.45) is 0 Å². The summed E-state index contributed by atoms with van der Waals surface area (Å²) < 4.78 is 9.31. The monoisotopic (exact) mass is 312 g/mol. The first-order valence-corrected chi connectivity index (χ1v) is 6.90. The minimum Gasteiger partial charge on any atom is -0.495 e. The molecule has 2 N–H and O–H groups in total. The first kappa shape index (κ1) is 14.6. The molecule has 2 aromatic rings. The Bertz CT molecular complexity index is 670. The first-order chi connectivity index (χ1) is 9.43. The van der Waals surface area contributed by atoms with Gasteiger partial charge in [-0.05, 0) is 37.0 Å². The number of hydrogen-bond donors (Lipinski definition) is 2. The van der Waals surface area contributed by atoms with Gasteiger partial charge in [0.25, 0.3) is 0 Å². The Morgan fingerprint density at radius 2 is 2.15 bits per heavy atom. The highest BCUT2D eigenvalue weighted by Gasteiger charge is 2.19. The van der Waals surface area contributed by atoms with Crippen molar-refractivity contribution in [1.82, 2.24) is 4.37 Å². The van der Waals surface area contributed by atoms with Crippen molar-refractivity contribution >= 4 is 39.8 Å². The van der Waals surface area contributed by atoms with Crippen LogP contribution in [0, 0.1) is 13.8 Å². The molecule has 1 heterocycles. The highest BCUT2D eigenvalue weighted by molar-refractivity contribution is 7.10. The molecule has 2 rings (SSSR count). The molecule has 106 valence electrons. The molecule has 0 saturated carbocycles. The van der Waals surface area contributed by atoms with Gasteiger partial charge in [-0.3, -0.25) is 0 Å². The van der Waals surface area contributed by atoms with Gasteiger partial charge < -0.3 is 15.2 Å². The Morgan fingerprint density at radius 1 is 1.45 bits per heavy atom. The molecule has 0 spiro atoms. The topological polar surface area (TPSA) is 71.5 Å². The molecule has 20 heavy (non-hydrogen) atoms. The van der Waals surface area contributed by atoms with E-state index in [-0.39, 0.29) is 5.56 Å². The van der Waals surface area contributed by atoms with Crippen LogP contribution >= 0.6 is 23.1 Å². The molecule has 0 fully saturated rings. The van der Waals surface area contributed by atoms with Crippen molar-refractivity contribution in [1.29, 1.82) is 0 Å². The van der Waals surface area contributed by atoms with Crippen molar-refractivity contribution in [2.45, 2.75) is 13.8 Å². The molecule has 0 unspecified atom stereocenters. The van der Waals surface area contributed by atoms with Gasteiger partial charge in [0.05, 0.1) is 18.5 Å². The summed E-state index contributed by atoms with van der Waals surface area (Å²) in [5.41, 5.74) is 2.17. The van der Waals surface area contributed by atoms with E-state index >= 15 is 0 Å². The lowest BCUT2D eigenvalue weighted by atomic mass is 10.2. The van der Waals surface area contributed by atoms with Crippen LogP contribution in [0.1, 0.15) is 21.6 Å². The van der Waals surface area contributed by atoms with E-state index in [4.69, 9.17) is 16.3 Å².